The first kappa shape index (κ1) is 25.1. The number of nitrogens with two attached hydrogens (primary N) is 1. The van der Waals surface area contributed by atoms with Crippen LogP contribution in [0.15, 0.2) is 101 Å². The van der Waals surface area contributed by atoms with Crippen LogP contribution in [0.25, 0.3) is 34.4 Å². The van der Waals surface area contributed by atoms with Gasteiger partial charge in [-0.05, 0) is 29.8 Å². The molecular formula is C31H19ClN6OS. The summed E-state index contributed by atoms with van der Waals surface area (Å²) in [7, 11) is 0. The summed E-state index contributed by atoms with van der Waals surface area (Å²) < 4.78 is 3.75. The van der Waals surface area contributed by atoms with Gasteiger partial charge in [0.2, 0.25) is 0 Å². The Labute approximate surface area is 237 Å². The Bertz CT molecular complexity index is 2080. The lowest BCUT2D eigenvalue weighted by Gasteiger charge is -2.22. The Morgan fingerprint density at radius 1 is 0.925 bits per heavy atom. The lowest BCUT2D eigenvalue weighted by Crippen LogP contribution is -2.38. The molecule has 2 aromatic heterocycles. The van der Waals surface area contributed by atoms with E-state index >= 15 is 0 Å². The van der Waals surface area contributed by atoms with Crippen LogP contribution >= 0.6 is 22.9 Å². The smallest absolute Gasteiger partial charge is 0.274 e. The molecule has 5 aromatic rings. The second kappa shape index (κ2) is 10.2. The molecule has 3 heterocycles. The number of benzene rings is 3. The molecule has 0 saturated heterocycles. The number of aromatic nitrogens is 3. The Morgan fingerprint density at radius 3 is 2.25 bits per heavy atom. The van der Waals surface area contributed by atoms with Crippen molar-refractivity contribution >= 4 is 40.4 Å². The summed E-state index contributed by atoms with van der Waals surface area (Å²) >= 11 is 7.62. The number of halogens is 1. The van der Waals surface area contributed by atoms with Crippen LogP contribution in [0.2, 0.25) is 5.02 Å². The zero-order valence-corrected chi connectivity index (χ0v) is 22.4. The molecule has 1 unspecified atom stereocenters. The molecule has 1 atom stereocenters. The van der Waals surface area contributed by atoms with E-state index in [4.69, 9.17) is 22.4 Å². The molecule has 9 heteroatoms. The molecule has 1 aliphatic heterocycles. The van der Waals surface area contributed by atoms with E-state index in [1.807, 2.05) is 66.9 Å². The third-order valence-corrected chi connectivity index (χ3v) is 8.15. The molecule has 7 nitrogen and oxygen atoms in total. The fraction of sp³-hybridized carbons (Fsp3) is 0.0323. The average molecular weight is 559 g/mol. The molecule has 3 aromatic carbocycles. The molecule has 0 radical (unpaired) electrons. The van der Waals surface area contributed by atoms with Crippen LogP contribution < -0.4 is 20.5 Å². The summed E-state index contributed by atoms with van der Waals surface area (Å²) in [6.07, 6.45) is 3.62. The van der Waals surface area contributed by atoms with Crippen LogP contribution in [0.1, 0.15) is 17.0 Å². The van der Waals surface area contributed by atoms with Gasteiger partial charge in [0.15, 0.2) is 0 Å². The number of nitriles is 2. The van der Waals surface area contributed by atoms with Crippen LogP contribution in [-0.2, 0) is 0 Å². The molecule has 0 saturated carbocycles. The first-order valence-corrected chi connectivity index (χ1v) is 13.4. The number of rotatable bonds is 4. The Morgan fingerprint density at radius 2 is 1.57 bits per heavy atom. The number of fused-ring (bicyclic) bond motifs is 1. The van der Waals surface area contributed by atoms with Gasteiger partial charge < -0.3 is 5.73 Å². The van der Waals surface area contributed by atoms with Gasteiger partial charge >= 0.3 is 0 Å². The van der Waals surface area contributed by atoms with Gasteiger partial charge in [-0.2, -0.15) is 15.6 Å². The second-order valence-corrected chi connectivity index (χ2v) is 10.5. The zero-order chi connectivity index (χ0) is 27.8. The van der Waals surface area contributed by atoms with Crippen LogP contribution in [0.4, 0.5) is 0 Å². The molecule has 40 heavy (non-hydrogen) atoms. The Balaban J connectivity index is 1.63. The first-order valence-electron chi connectivity index (χ1n) is 12.2. The van der Waals surface area contributed by atoms with E-state index in [0.29, 0.717) is 25.5 Å². The third-order valence-electron chi connectivity index (χ3n) is 6.70. The quantitative estimate of drug-likeness (QED) is 0.352. The van der Waals surface area contributed by atoms with Crippen LogP contribution in [0, 0.1) is 22.7 Å². The van der Waals surface area contributed by atoms with Gasteiger partial charge in [-0.25, -0.2) is 4.68 Å². The maximum absolute atomic E-state index is 13.7. The largest absolute Gasteiger partial charge is 0.384 e. The topological polar surface area (TPSA) is 113 Å². The monoisotopic (exact) mass is 558 g/mol. The van der Waals surface area contributed by atoms with E-state index in [9.17, 15) is 15.3 Å². The normalized spacial score (nSPS) is 15.0. The molecule has 6 rings (SSSR count). The van der Waals surface area contributed by atoms with Crippen molar-refractivity contribution in [2.24, 2.45) is 5.73 Å². The van der Waals surface area contributed by atoms with Gasteiger partial charge in [-0.1, -0.05) is 78.3 Å². The maximum Gasteiger partial charge on any atom is 0.274 e. The molecule has 2 N–H and O–H groups in total. The highest BCUT2D eigenvalue weighted by Gasteiger charge is 2.33. The standard InChI is InChI=1S/C31H19ClN6OS/c32-25-14-8-7-13-22(25)27-23(16-33)29(35)38-30(39)26(40-31(38)24(27)17-34)15-20-18-37(21-11-5-2-6-12-21)36-28(20)19-9-3-1-4-10-19/h1-15,18,27H,35H2/b26-15+. The highest BCUT2D eigenvalue weighted by Crippen LogP contribution is 2.38. The van der Waals surface area contributed by atoms with Crippen molar-refractivity contribution in [1.29, 1.82) is 10.5 Å². The van der Waals surface area contributed by atoms with Crippen LogP contribution in [0.5, 0.6) is 0 Å². The highest BCUT2D eigenvalue weighted by atomic mass is 35.5. The summed E-state index contributed by atoms with van der Waals surface area (Å²) in [6.45, 7) is 0. The SMILES string of the molecule is N#CC1=C(N)n2c(s/c(=C/c3cn(-c4ccccc4)nc3-c3ccccc3)c2=O)=C(C#N)C1c1ccccc1Cl. The number of hydrogen-bond acceptors (Lipinski definition) is 6. The van der Waals surface area contributed by atoms with Gasteiger partial charge in [-0.3, -0.25) is 9.36 Å². The minimum atomic E-state index is -0.782. The minimum absolute atomic E-state index is 0.00872. The molecule has 0 amide bonds. The minimum Gasteiger partial charge on any atom is -0.384 e. The van der Waals surface area contributed by atoms with Crippen molar-refractivity contribution < 1.29 is 0 Å². The van der Waals surface area contributed by atoms with Crippen LogP contribution in [0.3, 0.4) is 0 Å². The number of thiazole rings is 1. The molecule has 0 aliphatic carbocycles. The fourth-order valence-electron chi connectivity index (χ4n) is 4.84. The van der Waals surface area contributed by atoms with E-state index in [-0.39, 0.29) is 17.0 Å². The van der Waals surface area contributed by atoms with Crippen molar-refractivity contribution in [3.63, 3.8) is 0 Å². The van der Waals surface area contributed by atoms with Gasteiger partial charge in [0, 0.05) is 22.3 Å². The van der Waals surface area contributed by atoms with E-state index in [1.165, 1.54) is 4.57 Å². The van der Waals surface area contributed by atoms with Crippen molar-refractivity contribution in [2.45, 2.75) is 5.92 Å². The van der Waals surface area contributed by atoms with Crippen LogP contribution in [-0.4, -0.2) is 14.3 Å². The van der Waals surface area contributed by atoms with Crippen molar-refractivity contribution in [1.82, 2.24) is 14.3 Å². The molecular weight excluding hydrogens is 540 g/mol. The summed E-state index contributed by atoms with van der Waals surface area (Å²) in [5, 5.41) is 25.5. The van der Waals surface area contributed by atoms with E-state index in [2.05, 4.69) is 12.1 Å². The number of hydrogen-bond donors (Lipinski definition) is 1. The molecule has 192 valence electrons. The summed E-state index contributed by atoms with van der Waals surface area (Å²) in [6, 6.07) is 30.7. The average Bonchev–Trinajstić information content (AvgIpc) is 3.55. The van der Waals surface area contributed by atoms with Gasteiger partial charge in [0.25, 0.3) is 5.56 Å². The molecule has 0 spiro atoms. The van der Waals surface area contributed by atoms with E-state index in [0.717, 1.165) is 28.2 Å². The van der Waals surface area contributed by atoms with Crippen molar-refractivity contribution in [3.05, 3.63) is 132 Å². The predicted octanol–water partition coefficient (Wildman–Crippen LogP) is 4.37. The zero-order valence-electron chi connectivity index (χ0n) is 20.8. The molecule has 0 fully saturated rings. The second-order valence-electron chi connectivity index (χ2n) is 9.03. The first-order chi connectivity index (χ1) is 19.5. The molecule has 0 bridgehead atoms. The van der Waals surface area contributed by atoms with Gasteiger partial charge in [0.05, 0.1) is 45.1 Å². The summed E-state index contributed by atoms with van der Waals surface area (Å²) in [4.78, 5) is 13.7. The highest BCUT2D eigenvalue weighted by molar-refractivity contribution is 7.07. The number of allylic oxidation sites excluding steroid dienone is 1. The molecule has 1 aliphatic rings. The third kappa shape index (κ3) is 4.13. The number of nitrogens with zero attached hydrogens (tertiary/aromatic N) is 5. The Hall–Kier alpha value is -5.15. The summed E-state index contributed by atoms with van der Waals surface area (Å²) in [5.74, 6) is -0.791. The van der Waals surface area contributed by atoms with E-state index in [1.54, 1.807) is 35.0 Å². The predicted molar refractivity (Wildman–Crippen MR) is 157 cm³/mol. The Kier molecular flexibility index (Phi) is 6.41. The van der Waals surface area contributed by atoms with Crippen molar-refractivity contribution in [2.75, 3.05) is 0 Å². The maximum atomic E-state index is 13.7. The van der Waals surface area contributed by atoms with Gasteiger partial charge in [-0.15, -0.1) is 11.3 Å². The lowest BCUT2D eigenvalue weighted by atomic mass is 9.84. The van der Waals surface area contributed by atoms with Crippen molar-refractivity contribution in [3.8, 4) is 29.1 Å². The van der Waals surface area contributed by atoms with E-state index < -0.39 is 11.5 Å². The number of para-hydroxylation sites is 1. The lowest BCUT2D eigenvalue weighted by molar-refractivity contribution is 0.884. The van der Waals surface area contributed by atoms with Gasteiger partial charge in [0.1, 0.15) is 10.5 Å². The summed E-state index contributed by atoms with van der Waals surface area (Å²) in [5.41, 5.74) is 10.1. The fourth-order valence-corrected chi connectivity index (χ4v) is 6.20.